The van der Waals surface area contributed by atoms with Gasteiger partial charge in [-0.1, -0.05) is 31.2 Å². The van der Waals surface area contributed by atoms with Gasteiger partial charge in [0.2, 0.25) is 5.91 Å². The molecule has 1 aromatic carbocycles. The molecular weight excluding hydrogens is 328 g/mol. The van der Waals surface area contributed by atoms with Gasteiger partial charge < -0.3 is 15.1 Å². The average Bonchev–Trinajstić information content (AvgIpc) is 2.68. The summed E-state index contributed by atoms with van der Waals surface area (Å²) in [5.74, 6) is -0.283. The molecule has 1 aliphatic rings. The number of aryl methyl sites for hydroxylation is 1. The van der Waals surface area contributed by atoms with Gasteiger partial charge in [-0.05, 0) is 24.5 Å². The molecule has 6 heteroatoms. The molecular formula is C20H26N4O2. The van der Waals surface area contributed by atoms with Crippen LogP contribution in [0, 0.1) is 11.3 Å². The topological polar surface area (TPSA) is 76.4 Å². The minimum Gasteiger partial charge on any atom is -0.383 e. The van der Waals surface area contributed by atoms with E-state index >= 15 is 0 Å². The van der Waals surface area contributed by atoms with Gasteiger partial charge >= 0.3 is 0 Å². The van der Waals surface area contributed by atoms with E-state index in [-0.39, 0.29) is 23.4 Å². The Morgan fingerprint density at radius 1 is 1.19 bits per heavy atom. The van der Waals surface area contributed by atoms with Gasteiger partial charge in [0.05, 0.1) is 0 Å². The number of nitrogens with one attached hydrogen (secondary N) is 1. The summed E-state index contributed by atoms with van der Waals surface area (Å²) in [6, 6.07) is 10.3. The molecule has 0 aliphatic carbocycles. The van der Waals surface area contributed by atoms with Crippen molar-refractivity contribution in [3.8, 4) is 6.07 Å². The van der Waals surface area contributed by atoms with Crippen LogP contribution in [-0.2, 0) is 16.0 Å². The maximum absolute atomic E-state index is 12.5. The van der Waals surface area contributed by atoms with Crippen LogP contribution in [0.5, 0.6) is 0 Å². The second-order valence-corrected chi connectivity index (χ2v) is 6.45. The fourth-order valence-corrected chi connectivity index (χ4v) is 2.88. The van der Waals surface area contributed by atoms with Crippen molar-refractivity contribution in [3.63, 3.8) is 0 Å². The molecule has 1 heterocycles. The number of rotatable bonds is 5. The lowest BCUT2D eigenvalue weighted by atomic mass is 10.1. The highest BCUT2D eigenvalue weighted by Gasteiger charge is 2.24. The van der Waals surface area contributed by atoms with E-state index in [1.165, 1.54) is 18.7 Å². The van der Waals surface area contributed by atoms with E-state index in [2.05, 4.69) is 36.5 Å². The van der Waals surface area contributed by atoms with Crippen molar-refractivity contribution in [2.45, 2.75) is 33.2 Å². The van der Waals surface area contributed by atoms with E-state index in [0.29, 0.717) is 26.2 Å². The smallest absolute Gasteiger partial charge is 0.266 e. The molecule has 0 aromatic heterocycles. The van der Waals surface area contributed by atoms with Crippen LogP contribution in [0.1, 0.15) is 37.9 Å². The van der Waals surface area contributed by atoms with E-state index in [9.17, 15) is 14.9 Å². The van der Waals surface area contributed by atoms with Crippen molar-refractivity contribution >= 4 is 11.8 Å². The lowest BCUT2D eigenvalue weighted by molar-refractivity contribution is -0.136. The van der Waals surface area contributed by atoms with Gasteiger partial charge in [-0.15, -0.1) is 0 Å². The summed E-state index contributed by atoms with van der Waals surface area (Å²) >= 11 is 0. The first-order valence-electron chi connectivity index (χ1n) is 8.96. The van der Waals surface area contributed by atoms with E-state index in [4.69, 9.17) is 0 Å². The second-order valence-electron chi connectivity index (χ2n) is 6.45. The normalized spacial score (nSPS) is 16.0. The predicted octanol–water partition coefficient (Wildman–Crippen LogP) is 2.00. The van der Waals surface area contributed by atoms with Gasteiger partial charge in [0.15, 0.2) is 0 Å². The van der Waals surface area contributed by atoms with Crippen LogP contribution < -0.4 is 5.32 Å². The van der Waals surface area contributed by atoms with Gasteiger partial charge in [-0.2, -0.15) is 5.26 Å². The Balaban J connectivity index is 1.97. The molecule has 1 saturated heterocycles. The number of carbonyl (C=O) groups is 2. The lowest BCUT2D eigenvalue weighted by Crippen LogP contribution is -2.50. The Kier molecular flexibility index (Phi) is 6.79. The van der Waals surface area contributed by atoms with Crippen molar-refractivity contribution in [2.75, 3.05) is 26.2 Å². The number of nitrogens with zero attached hydrogens (tertiary/aromatic N) is 3. The van der Waals surface area contributed by atoms with Crippen LogP contribution >= 0.6 is 0 Å². The summed E-state index contributed by atoms with van der Waals surface area (Å²) in [7, 11) is 0. The fourth-order valence-electron chi connectivity index (χ4n) is 2.88. The van der Waals surface area contributed by atoms with Gasteiger partial charge in [0.25, 0.3) is 5.91 Å². The summed E-state index contributed by atoms with van der Waals surface area (Å²) in [6.07, 6.45) is 2.49. The molecule has 6 nitrogen and oxygen atoms in total. The van der Waals surface area contributed by atoms with Gasteiger partial charge in [0.1, 0.15) is 11.6 Å². The standard InChI is InChI=1S/C20H26N4O2/c1-4-17-5-7-18(8-6-17)15(2)22-14-19(13-21)20(26)24-11-9-23(10-12-24)16(3)25/h5-8,14-15,22H,4,9-12H2,1-3H3/b19-14-. The zero-order chi connectivity index (χ0) is 19.1. The number of nitriles is 1. The van der Waals surface area contributed by atoms with Crippen LogP contribution in [0.2, 0.25) is 0 Å². The third-order valence-corrected chi connectivity index (χ3v) is 4.73. The van der Waals surface area contributed by atoms with E-state index in [1.807, 2.05) is 13.0 Å². The minimum atomic E-state index is -0.295. The van der Waals surface area contributed by atoms with Gasteiger partial charge in [-0.3, -0.25) is 9.59 Å². The summed E-state index contributed by atoms with van der Waals surface area (Å²) in [5.41, 5.74) is 2.45. The molecule has 1 aliphatic heterocycles. The Labute approximate surface area is 155 Å². The third-order valence-electron chi connectivity index (χ3n) is 4.73. The van der Waals surface area contributed by atoms with Crippen molar-refractivity contribution in [1.29, 1.82) is 5.26 Å². The molecule has 138 valence electrons. The molecule has 2 amide bonds. The molecule has 0 spiro atoms. The highest BCUT2D eigenvalue weighted by molar-refractivity contribution is 5.97. The summed E-state index contributed by atoms with van der Waals surface area (Å²) < 4.78 is 0. The van der Waals surface area contributed by atoms with E-state index < -0.39 is 0 Å². The molecule has 0 radical (unpaired) electrons. The van der Waals surface area contributed by atoms with Crippen LogP contribution in [0.15, 0.2) is 36.0 Å². The number of carbonyl (C=O) groups excluding carboxylic acids is 2. The maximum atomic E-state index is 12.5. The molecule has 2 rings (SSSR count). The summed E-state index contributed by atoms with van der Waals surface area (Å²) in [5, 5.41) is 12.5. The van der Waals surface area contributed by atoms with Crippen LogP contribution in [0.25, 0.3) is 0 Å². The highest BCUT2D eigenvalue weighted by atomic mass is 16.2. The second kappa shape index (κ2) is 9.04. The average molecular weight is 354 g/mol. The molecule has 1 atom stereocenters. The largest absolute Gasteiger partial charge is 0.383 e. The monoisotopic (exact) mass is 354 g/mol. The van der Waals surface area contributed by atoms with Crippen LogP contribution in [0.4, 0.5) is 0 Å². The summed E-state index contributed by atoms with van der Waals surface area (Å²) in [6.45, 7) is 7.54. The van der Waals surface area contributed by atoms with Gasteiger partial charge in [-0.25, -0.2) is 0 Å². The molecule has 26 heavy (non-hydrogen) atoms. The maximum Gasteiger partial charge on any atom is 0.266 e. The Morgan fingerprint density at radius 2 is 1.77 bits per heavy atom. The molecule has 1 N–H and O–H groups in total. The summed E-state index contributed by atoms with van der Waals surface area (Å²) in [4.78, 5) is 27.2. The quantitative estimate of drug-likeness (QED) is 0.648. The van der Waals surface area contributed by atoms with Gasteiger partial charge in [0, 0.05) is 45.3 Å². The Bertz CT molecular complexity index is 710. The molecule has 1 aromatic rings. The zero-order valence-electron chi connectivity index (χ0n) is 15.7. The first kappa shape index (κ1) is 19.5. The van der Waals surface area contributed by atoms with E-state index in [0.717, 1.165) is 12.0 Å². The fraction of sp³-hybridized carbons (Fsp3) is 0.450. The van der Waals surface area contributed by atoms with Crippen molar-refractivity contribution in [1.82, 2.24) is 15.1 Å². The van der Waals surface area contributed by atoms with Crippen molar-refractivity contribution in [2.24, 2.45) is 0 Å². The van der Waals surface area contributed by atoms with Crippen molar-refractivity contribution in [3.05, 3.63) is 47.2 Å². The Morgan fingerprint density at radius 3 is 2.27 bits per heavy atom. The first-order valence-corrected chi connectivity index (χ1v) is 8.96. The zero-order valence-corrected chi connectivity index (χ0v) is 15.7. The highest BCUT2D eigenvalue weighted by Crippen LogP contribution is 2.14. The Hall–Kier alpha value is -2.81. The molecule has 1 unspecified atom stereocenters. The SMILES string of the molecule is CCc1ccc(C(C)N/C=C(/C#N)C(=O)N2CCN(C(C)=O)CC2)cc1. The molecule has 0 bridgehead atoms. The number of amides is 2. The lowest BCUT2D eigenvalue weighted by Gasteiger charge is -2.34. The minimum absolute atomic E-state index is 0.00776. The third kappa shape index (κ3) is 4.85. The number of piperazine rings is 1. The van der Waals surface area contributed by atoms with Crippen molar-refractivity contribution < 1.29 is 9.59 Å². The van der Waals surface area contributed by atoms with Crippen LogP contribution in [0.3, 0.4) is 0 Å². The number of hydrogen-bond acceptors (Lipinski definition) is 4. The first-order chi connectivity index (χ1) is 12.5. The number of benzene rings is 1. The predicted molar refractivity (Wildman–Crippen MR) is 99.9 cm³/mol. The van der Waals surface area contributed by atoms with E-state index in [1.54, 1.807) is 9.80 Å². The molecule has 1 fully saturated rings. The molecule has 0 saturated carbocycles. The number of hydrogen-bond donors (Lipinski definition) is 1. The van der Waals surface area contributed by atoms with Crippen LogP contribution in [-0.4, -0.2) is 47.8 Å².